The van der Waals surface area contributed by atoms with Gasteiger partial charge in [0, 0.05) is 6.54 Å². The highest BCUT2D eigenvalue weighted by atomic mass is 16.5. The van der Waals surface area contributed by atoms with Crippen molar-refractivity contribution in [1.29, 1.82) is 0 Å². The molecule has 0 radical (unpaired) electrons. The van der Waals surface area contributed by atoms with E-state index in [2.05, 4.69) is 22.3 Å². The van der Waals surface area contributed by atoms with Gasteiger partial charge in [-0.1, -0.05) is 0 Å². The first-order valence-electron chi connectivity index (χ1n) is 5.63. The lowest BCUT2D eigenvalue weighted by molar-refractivity contribution is 0.0172. The summed E-state index contributed by atoms with van der Waals surface area (Å²) in [6.07, 6.45) is 5.72. The summed E-state index contributed by atoms with van der Waals surface area (Å²) in [5.74, 6) is 0.884. The van der Waals surface area contributed by atoms with Gasteiger partial charge in [0.25, 0.3) is 0 Å². The maximum absolute atomic E-state index is 5.91. The maximum atomic E-state index is 5.91. The number of hydrogen-bond donors (Lipinski definition) is 1. The van der Waals surface area contributed by atoms with Crippen molar-refractivity contribution >= 4 is 5.95 Å². The van der Waals surface area contributed by atoms with Gasteiger partial charge in [-0.05, 0) is 26.2 Å². The second kappa shape index (κ2) is 3.48. The van der Waals surface area contributed by atoms with Gasteiger partial charge in [-0.25, -0.2) is 4.68 Å². The Morgan fingerprint density at radius 2 is 2.40 bits per heavy atom. The van der Waals surface area contributed by atoms with Crippen LogP contribution < -0.4 is 5.32 Å². The third-order valence-corrected chi connectivity index (χ3v) is 3.30. The second-order valence-electron chi connectivity index (χ2n) is 4.37. The minimum atomic E-state index is 0.322. The molecule has 0 aromatic carbocycles. The summed E-state index contributed by atoms with van der Waals surface area (Å²) >= 11 is 0. The number of nitrogens with zero attached hydrogens (tertiary/aromatic N) is 3. The minimum absolute atomic E-state index is 0.322. The number of hydrogen-bond acceptors (Lipinski definition) is 4. The fourth-order valence-electron chi connectivity index (χ4n) is 2.53. The van der Waals surface area contributed by atoms with E-state index in [1.807, 2.05) is 4.68 Å². The molecule has 1 saturated heterocycles. The molecule has 0 amide bonds. The zero-order valence-corrected chi connectivity index (χ0v) is 8.89. The molecule has 15 heavy (non-hydrogen) atoms. The Labute approximate surface area is 88.8 Å². The summed E-state index contributed by atoms with van der Waals surface area (Å²) in [4.78, 5) is 4.18. The highest BCUT2D eigenvalue weighted by Crippen LogP contribution is 2.33. The largest absolute Gasteiger partial charge is 0.373 e. The van der Waals surface area contributed by atoms with Crippen LogP contribution >= 0.6 is 0 Å². The molecule has 3 rings (SSSR count). The highest BCUT2D eigenvalue weighted by molar-refractivity contribution is 5.26. The van der Waals surface area contributed by atoms with Gasteiger partial charge >= 0.3 is 0 Å². The van der Waals surface area contributed by atoms with Crippen molar-refractivity contribution in [2.45, 2.75) is 44.4 Å². The minimum Gasteiger partial charge on any atom is -0.373 e. The number of fused-ring (bicyclic) bond motifs is 1. The quantitative estimate of drug-likeness (QED) is 0.753. The lowest BCUT2D eigenvalue weighted by Crippen LogP contribution is -2.32. The average molecular weight is 208 g/mol. The van der Waals surface area contributed by atoms with Crippen LogP contribution in [0.2, 0.25) is 0 Å². The van der Waals surface area contributed by atoms with E-state index in [-0.39, 0.29) is 0 Å². The van der Waals surface area contributed by atoms with E-state index in [0.717, 1.165) is 25.3 Å². The molecule has 2 aliphatic rings. The Morgan fingerprint density at radius 3 is 3.20 bits per heavy atom. The van der Waals surface area contributed by atoms with Crippen molar-refractivity contribution in [2.24, 2.45) is 0 Å². The lowest BCUT2D eigenvalue weighted by Gasteiger charge is -2.28. The van der Waals surface area contributed by atoms with E-state index >= 15 is 0 Å². The Kier molecular flexibility index (Phi) is 2.12. The van der Waals surface area contributed by atoms with Gasteiger partial charge < -0.3 is 10.1 Å². The Morgan fingerprint density at radius 1 is 1.47 bits per heavy atom. The van der Waals surface area contributed by atoms with Crippen molar-refractivity contribution in [1.82, 2.24) is 14.8 Å². The van der Waals surface area contributed by atoms with Crippen molar-refractivity contribution in [3.8, 4) is 0 Å². The molecule has 1 aromatic rings. The molecule has 3 atom stereocenters. The molecular formula is C10H16N4O. The molecular weight excluding hydrogens is 192 g/mol. The van der Waals surface area contributed by atoms with Gasteiger partial charge in [-0.3, -0.25) is 0 Å². The van der Waals surface area contributed by atoms with E-state index in [0.29, 0.717) is 18.2 Å². The Bertz CT molecular complexity index is 351. The normalized spacial score (nSPS) is 34.9. The predicted molar refractivity (Wildman–Crippen MR) is 55.7 cm³/mol. The van der Waals surface area contributed by atoms with E-state index < -0.39 is 0 Å². The van der Waals surface area contributed by atoms with Gasteiger partial charge in [0.15, 0.2) is 0 Å². The molecule has 82 valence electrons. The van der Waals surface area contributed by atoms with Gasteiger partial charge in [0.1, 0.15) is 6.33 Å². The van der Waals surface area contributed by atoms with Crippen LogP contribution in [0.4, 0.5) is 5.95 Å². The third kappa shape index (κ3) is 1.51. The number of ether oxygens (including phenoxy) is 1. The summed E-state index contributed by atoms with van der Waals surface area (Å²) in [6, 6.07) is 0.369. The predicted octanol–water partition coefficient (Wildman–Crippen LogP) is 1.20. The number of anilines is 1. The molecule has 5 nitrogen and oxygen atoms in total. The van der Waals surface area contributed by atoms with Crippen molar-refractivity contribution in [3.05, 3.63) is 6.33 Å². The fourth-order valence-corrected chi connectivity index (χ4v) is 2.53. The highest BCUT2D eigenvalue weighted by Gasteiger charge is 2.34. The zero-order valence-electron chi connectivity index (χ0n) is 8.89. The summed E-state index contributed by atoms with van der Waals surface area (Å²) in [5.41, 5.74) is 0. The molecule has 3 heterocycles. The molecule has 0 saturated carbocycles. The van der Waals surface area contributed by atoms with Crippen LogP contribution in [-0.4, -0.2) is 33.5 Å². The number of aromatic nitrogens is 3. The average Bonchev–Trinajstić information content (AvgIpc) is 2.84. The molecule has 2 aliphatic heterocycles. The Hall–Kier alpha value is -1.10. The fraction of sp³-hybridized carbons (Fsp3) is 0.800. The SMILES string of the molecule is CC1CCC(C2CCNc3ncnn32)O1. The second-order valence-corrected chi connectivity index (χ2v) is 4.37. The monoisotopic (exact) mass is 208 g/mol. The van der Waals surface area contributed by atoms with Crippen LogP contribution in [0.3, 0.4) is 0 Å². The molecule has 3 unspecified atom stereocenters. The first-order valence-corrected chi connectivity index (χ1v) is 5.63. The zero-order chi connectivity index (χ0) is 10.3. The first kappa shape index (κ1) is 9.15. The van der Waals surface area contributed by atoms with Gasteiger partial charge in [0.05, 0.1) is 18.2 Å². The van der Waals surface area contributed by atoms with Gasteiger partial charge in [-0.15, -0.1) is 0 Å². The third-order valence-electron chi connectivity index (χ3n) is 3.30. The summed E-state index contributed by atoms with van der Waals surface area (Å²) in [6.45, 7) is 3.11. The van der Waals surface area contributed by atoms with E-state index in [1.165, 1.54) is 6.42 Å². The van der Waals surface area contributed by atoms with Gasteiger partial charge in [-0.2, -0.15) is 10.1 Å². The summed E-state index contributed by atoms with van der Waals surface area (Å²) in [7, 11) is 0. The molecule has 0 bridgehead atoms. The molecule has 1 aromatic heterocycles. The van der Waals surface area contributed by atoms with Crippen molar-refractivity contribution in [3.63, 3.8) is 0 Å². The van der Waals surface area contributed by atoms with Gasteiger partial charge in [0.2, 0.25) is 5.95 Å². The topological polar surface area (TPSA) is 52.0 Å². The molecule has 5 heteroatoms. The van der Waals surface area contributed by atoms with Crippen LogP contribution in [0.25, 0.3) is 0 Å². The first-order chi connectivity index (χ1) is 7.34. The summed E-state index contributed by atoms with van der Waals surface area (Å²) < 4.78 is 7.89. The molecule has 1 fully saturated rings. The standard InChI is InChI=1S/C10H16N4O/c1-7-2-3-9(15-7)8-4-5-11-10-12-6-13-14(8)10/h6-9H,2-5H2,1H3,(H,11,12,13). The van der Waals surface area contributed by atoms with Crippen LogP contribution in [0.5, 0.6) is 0 Å². The number of nitrogens with one attached hydrogen (secondary N) is 1. The van der Waals surface area contributed by atoms with E-state index in [4.69, 9.17) is 4.74 Å². The summed E-state index contributed by atoms with van der Waals surface area (Å²) in [5, 5.41) is 7.51. The van der Waals surface area contributed by atoms with E-state index in [9.17, 15) is 0 Å². The molecule has 0 spiro atoms. The van der Waals surface area contributed by atoms with Crippen LogP contribution in [0.1, 0.15) is 32.2 Å². The smallest absolute Gasteiger partial charge is 0.221 e. The Balaban J connectivity index is 1.83. The van der Waals surface area contributed by atoms with Crippen LogP contribution in [0.15, 0.2) is 6.33 Å². The number of rotatable bonds is 1. The van der Waals surface area contributed by atoms with E-state index in [1.54, 1.807) is 6.33 Å². The van der Waals surface area contributed by atoms with Crippen molar-refractivity contribution < 1.29 is 4.74 Å². The van der Waals surface area contributed by atoms with Crippen LogP contribution in [0, 0.1) is 0 Å². The molecule has 0 aliphatic carbocycles. The lowest BCUT2D eigenvalue weighted by atomic mass is 10.0. The van der Waals surface area contributed by atoms with Crippen LogP contribution in [-0.2, 0) is 4.74 Å². The van der Waals surface area contributed by atoms with Crippen molar-refractivity contribution in [2.75, 3.05) is 11.9 Å². The molecule has 1 N–H and O–H groups in total. The maximum Gasteiger partial charge on any atom is 0.221 e.